The summed E-state index contributed by atoms with van der Waals surface area (Å²) in [5.41, 5.74) is 0. The molecule has 6 nitrogen and oxygen atoms in total. The number of aryl methyl sites for hydroxylation is 1. The number of amides is 1. The summed E-state index contributed by atoms with van der Waals surface area (Å²) in [5, 5.41) is 1.56. The lowest BCUT2D eigenvalue weighted by atomic mass is 9.92. The maximum atomic E-state index is 12.8. The first-order chi connectivity index (χ1) is 10.3. The van der Waals surface area contributed by atoms with Crippen LogP contribution in [0.15, 0.2) is 12.4 Å². The minimum atomic E-state index is -0.266. The van der Waals surface area contributed by atoms with Crippen molar-refractivity contribution in [3.63, 3.8) is 0 Å². The largest absolute Gasteiger partial charge is 0.369 e. The fourth-order valence-electron chi connectivity index (χ4n) is 3.07. The standard InChI is InChI=1S/C15H23N3O3/c1-17-9-7-16-14(17)13-12(6-5-10-20-13)15(19)18-8-3-2-4-11-21-18/h7,9,12-13H,2-6,8,10-11H2,1H3/t12-,13-/m1/s1. The molecule has 1 aromatic rings. The van der Waals surface area contributed by atoms with Crippen molar-refractivity contribution in [2.45, 2.75) is 38.2 Å². The van der Waals surface area contributed by atoms with Gasteiger partial charge in [0.1, 0.15) is 11.9 Å². The SMILES string of the molecule is Cn1ccnc1[C@@H]1OCCC[C@H]1C(=O)N1CCCCCO1. The Balaban J connectivity index is 1.77. The van der Waals surface area contributed by atoms with Gasteiger partial charge >= 0.3 is 0 Å². The predicted molar refractivity (Wildman–Crippen MR) is 76.1 cm³/mol. The Hall–Kier alpha value is -1.40. The number of nitrogens with zero attached hydrogens (tertiary/aromatic N) is 3. The second-order valence-electron chi connectivity index (χ2n) is 5.77. The Labute approximate surface area is 125 Å². The van der Waals surface area contributed by atoms with Crippen LogP contribution in [0.5, 0.6) is 0 Å². The highest BCUT2D eigenvalue weighted by atomic mass is 16.7. The molecule has 1 aromatic heterocycles. The zero-order valence-corrected chi connectivity index (χ0v) is 12.5. The Kier molecular flexibility index (Phi) is 4.55. The van der Waals surface area contributed by atoms with Gasteiger partial charge in [-0.05, 0) is 32.1 Å². The van der Waals surface area contributed by atoms with E-state index in [-0.39, 0.29) is 17.9 Å². The van der Waals surface area contributed by atoms with Crippen LogP contribution < -0.4 is 0 Å². The molecule has 0 saturated carbocycles. The van der Waals surface area contributed by atoms with Crippen molar-refractivity contribution in [2.75, 3.05) is 19.8 Å². The van der Waals surface area contributed by atoms with Crippen molar-refractivity contribution in [1.82, 2.24) is 14.6 Å². The molecule has 0 radical (unpaired) electrons. The summed E-state index contributed by atoms with van der Waals surface area (Å²) in [4.78, 5) is 22.8. The number of ether oxygens (including phenoxy) is 1. The van der Waals surface area contributed by atoms with Gasteiger partial charge in [0.2, 0.25) is 0 Å². The molecule has 1 amide bonds. The van der Waals surface area contributed by atoms with Gasteiger partial charge in [0, 0.05) is 32.6 Å². The highest BCUT2D eigenvalue weighted by Gasteiger charge is 2.38. The topological polar surface area (TPSA) is 56.6 Å². The molecule has 2 aliphatic rings. The molecule has 0 unspecified atom stereocenters. The fourth-order valence-corrected chi connectivity index (χ4v) is 3.07. The second kappa shape index (κ2) is 6.58. The maximum absolute atomic E-state index is 12.8. The average molecular weight is 293 g/mol. The predicted octanol–water partition coefficient (Wildman–Crippen LogP) is 1.83. The smallest absolute Gasteiger partial charge is 0.252 e. The number of hydrogen-bond donors (Lipinski definition) is 0. The number of carbonyl (C=O) groups excluding carboxylic acids is 1. The average Bonchev–Trinajstić information content (AvgIpc) is 2.77. The molecular weight excluding hydrogens is 270 g/mol. The van der Waals surface area contributed by atoms with E-state index in [9.17, 15) is 4.79 Å². The summed E-state index contributed by atoms with van der Waals surface area (Å²) in [6.07, 6.45) is 8.25. The van der Waals surface area contributed by atoms with Gasteiger partial charge < -0.3 is 9.30 Å². The van der Waals surface area contributed by atoms with Gasteiger partial charge in [0.05, 0.1) is 12.5 Å². The van der Waals surface area contributed by atoms with Gasteiger partial charge in [-0.25, -0.2) is 10.0 Å². The lowest BCUT2D eigenvalue weighted by Crippen LogP contribution is -2.41. The zero-order valence-electron chi connectivity index (χ0n) is 12.5. The number of hydrogen-bond acceptors (Lipinski definition) is 4. The summed E-state index contributed by atoms with van der Waals surface area (Å²) < 4.78 is 7.80. The Morgan fingerprint density at radius 2 is 2.19 bits per heavy atom. The third-order valence-electron chi connectivity index (χ3n) is 4.25. The lowest BCUT2D eigenvalue weighted by molar-refractivity contribution is -0.196. The van der Waals surface area contributed by atoms with Gasteiger partial charge in [0.15, 0.2) is 0 Å². The van der Waals surface area contributed by atoms with Crippen LogP contribution in [0.2, 0.25) is 0 Å². The molecule has 0 spiro atoms. The molecule has 2 saturated heterocycles. The molecule has 116 valence electrons. The Morgan fingerprint density at radius 1 is 1.29 bits per heavy atom. The highest BCUT2D eigenvalue weighted by Crippen LogP contribution is 2.34. The van der Waals surface area contributed by atoms with Crippen LogP contribution in [-0.4, -0.2) is 40.3 Å². The quantitative estimate of drug-likeness (QED) is 0.835. The summed E-state index contributed by atoms with van der Waals surface area (Å²) >= 11 is 0. The van der Waals surface area contributed by atoms with E-state index in [4.69, 9.17) is 9.57 Å². The fraction of sp³-hybridized carbons (Fsp3) is 0.733. The molecule has 21 heavy (non-hydrogen) atoms. The van der Waals surface area contributed by atoms with Crippen LogP contribution in [0, 0.1) is 5.92 Å². The third kappa shape index (κ3) is 3.11. The Bertz CT molecular complexity index is 480. The molecule has 0 aromatic carbocycles. The van der Waals surface area contributed by atoms with Gasteiger partial charge in [0.25, 0.3) is 5.91 Å². The van der Waals surface area contributed by atoms with Gasteiger partial charge in [-0.15, -0.1) is 0 Å². The molecule has 0 aliphatic carbocycles. The molecular formula is C15H23N3O3. The van der Waals surface area contributed by atoms with E-state index in [0.717, 1.165) is 37.9 Å². The summed E-state index contributed by atoms with van der Waals surface area (Å²) in [7, 11) is 1.93. The summed E-state index contributed by atoms with van der Waals surface area (Å²) in [6.45, 7) is 2.00. The first-order valence-corrected chi connectivity index (χ1v) is 7.80. The third-order valence-corrected chi connectivity index (χ3v) is 4.25. The molecule has 2 atom stereocenters. The number of carbonyl (C=O) groups is 1. The molecule has 2 fully saturated rings. The molecule has 3 heterocycles. The molecule has 2 aliphatic heterocycles. The lowest BCUT2D eigenvalue weighted by Gasteiger charge is -2.33. The number of rotatable bonds is 2. The molecule has 0 bridgehead atoms. The van der Waals surface area contributed by atoms with Crippen LogP contribution in [-0.2, 0) is 21.4 Å². The van der Waals surface area contributed by atoms with Crippen LogP contribution in [0.1, 0.15) is 44.0 Å². The zero-order chi connectivity index (χ0) is 14.7. The number of hydroxylamine groups is 2. The monoisotopic (exact) mass is 293 g/mol. The molecule has 0 N–H and O–H groups in total. The van der Waals surface area contributed by atoms with Gasteiger partial charge in [-0.3, -0.25) is 9.63 Å². The van der Waals surface area contributed by atoms with Crippen LogP contribution in [0.25, 0.3) is 0 Å². The van der Waals surface area contributed by atoms with E-state index in [2.05, 4.69) is 4.98 Å². The van der Waals surface area contributed by atoms with Crippen molar-refractivity contribution < 1.29 is 14.4 Å². The van der Waals surface area contributed by atoms with Crippen LogP contribution in [0.4, 0.5) is 0 Å². The minimum absolute atomic E-state index is 0.0459. The van der Waals surface area contributed by atoms with Gasteiger partial charge in [-0.2, -0.15) is 0 Å². The van der Waals surface area contributed by atoms with E-state index in [0.29, 0.717) is 19.8 Å². The highest BCUT2D eigenvalue weighted by molar-refractivity contribution is 5.78. The van der Waals surface area contributed by atoms with Crippen molar-refractivity contribution in [3.05, 3.63) is 18.2 Å². The number of imidazole rings is 1. The maximum Gasteiger partial charge on any atom is 0.252 e. The van der Waals surface area contributed by atoms with E-state index in [1.54, 1.807) is 11.3 Å². The van der Waals surface area contributed by atoms with Crippen molar-refractivity contribution in [2.24, 2.45) is 13.0 Å². The van der Waals surface area contributed by atoms with E-state index in [1.165, 1.54) is 0 Å². The van der Waals surface area contributed by atoms with Gasteiger partial charge in [-0.1, -0.05) is 0 Å². The van der Waals surface area contributed by atoms with Crippen LogP contribution in [0.3, 0.4) is 0 Å². The number of aromatic nitrogens is 2. The summed E-state index contributed by atoms with van der Waals surface area (Å²) in [5.74, 6) is 0.672. The normalized spacial score (nSPS) is 27.4. The van der Waals surface area contributed by atoms with E-state index in [1.807, 2.05) is 17.8 Å². The second-order valence-corrected chi connectivity index (χ2v) is 5.77. The van der Waals surface area contributed by atoms with Crippen molar-refractivity contribution in [1.29, 1.82) is 0 Å². The van der Waals surface area contributed by atoms with Crippen molar-refractivity contribution in [3.8, 4) is 0 Å². The first kappa shape index (κ1) is 14.5. The van der Waals surface area contributed by atoms with E-state index >= 15 is 0 Å². The van der Waals surface area contributed by atoms with Crippen LogP contribution >= 0.6 is 0 Å². The molecule has 3 rings (SSSR count). The summed E-state index contributed by atoms with van der Waals surface area (Å²) in [6, 6.07) is 0. The first-order valence-electron chi connectivity index (χ1n) is 7.80. The Morgan fingerprint density at radius 3 is 3.00 bits per heavy atom. The minimum Gasteiger partial charge on any atom is -0.369 e. The van der Waals surface area contributed by atoms with E-state index < -0.39 is 0 Å². The molecule has 6 heteroatoms. The van der Waals surface area contributed by atoms with Crippen molar-refractivity contribution >= 4 is 5.91 Å².